The highest BCUT2D eigenvalue weighted by molar-refractivity contribution is 5.90. The van der Waals surface area contributed by atoms with Crippen molar-refractivity contribution in [2.45, 2.75) is 26.4 Å². The van der Waals surface area contributed by atoms with Gasteiger partial charge in [-0.1, -0.05) is 0 Å². The number of methoxy groups -OCH3 is 1. The lowest BCUT2D eigenvalue weighted by atomic mass is 10.2. The van der Waals surface area contributed by atoms with Crippen LogP contribution in [-0.2, 0) is 9.47 Å². The van der Waals surface area contributed by atoms with Crippen LogP contribution in [0.4, 0.5) is 10.6 Å². The van der Waals surface area contributed by atoms with Crippen molar-refractivity contribution in [3.63, 3.8) is 0 Å². The number of hydrogen-bond donors (Lipinski definition) is 2. The van der Waals surface area contributed by atoms with E-state index in [9.17, 15) is 9.59 Å². The molecule has 0 saturated carbocycles. The molecule has 0 saturated heterocycles. The van der Waals surface area contributed by atoms with E-state index in [1.807, 2.05) is 0 Å². The highest BCUT2D eigenvalue weighted by Gasteiger charge is 2.17. The maximum Gasteiger partial charge on any atom is 0.413 e. The van der Waals surface area contributed by atoms with Crippen LogP contribution in [0, 0.1) is 0 Å². The Kier molecular flexibility index (Phi) is 3.77. The van der Waals surface area contributed by atoms with E-state index >= 15 is 0 Å². The quantitative estimate of drug-likeness (QED) is 0.776. The second kappa shape index (κ2) is 4.90. The van der Waals surface area contributed by atoms with Crippen molar-refractivity contribution in [1.29, 1.82) is 0 Å². The van der Waals surface area contributed by atoms with Gasteiger partial charge < -0.3 is 14.5 Å². The van der Waals surface area contributed by atoms with Crippen molar-refractivity contribution in [3.8, 4) is 0 Å². The molecule has 1 aromatic rings. The number of nitrogens with one attached hydrogen (secondary N) is 2. The highest BCUT2D eigenvalue weighted by atomic mass is 16.6. The van der Waals surface area contributed by atoms with Crippen LogP contribution >= 0.6 is 0 Å². The van der Waals surface area contributed by atoms with Gasteiger partial charge in [-0.2, -0.15) is 0 Å². The number of ether oxygens (including phenoxy) is 2. The van der Waals surface area contributed by atoms with Gasteiger partial charge in [0.1, 0.15) is 17.1 Å². The molecule has 1 rings (SSSR count). The van der Waals surface area contributed by atoms with Crippen LogP contribution in [0.15, 0.2) is 12.1 Å². The highest BCUT2D eigenvalue weighted by Crippen LogP contribution is 2.12. The number of amides is 1. The fraction of sp³-hybridized carbons (Fsp3) is 0.455. The number of H-pyrrole nitrogens is 1. The molecule has 0 unspecified atom stereocenters. The van der Waals surface area contributed by atoms with Crippen LogP contribution in [0.3, 0.4) is 0 Å². The molecule has 0 aromatic carbocycles. The number of rotatable bonds is 2. The Balaban J connectivity index is 2.61. The number of esters is 1. The van der Waals surface area contributed by atoms with Gasteiger partial charge in [0.2, 0.25) is 0 Å². The lowest BCUT2D eigenvalue weighted by molar-refractivity contribution is 0.0590. The lowest BCUT2D eigenvalue weighted by Crippen LogP contribution is -2.27. The molecule has 17 heavy (non-hydrogen) atoms. The molecule has 0 atom stereocenters. The Morgan fingerprint density at radius 1 is 1.29 bits per heavy atom. The molecule has 0 bridgehead atoms. The first-order chi connectivity index (χ1) is 7.81. The van der Waals surface area contributed by atoms with Crippen molar-refractivity contribution < 1.29 is 19.1 Å². The van der Waals surface area contributed by atoms with E-state index in [0.717, 1.165) is 0 Å². The Morgan fingerprint density at radius 2 is 1.94 bits per heavy atom. The van der Waals surface area contributed by atoms with Crippen LogP contribution in [0.2, 0.25) is 0 Å². The molecule has 1 heterocycles. The minimum absolute atomic E-state index is 0.263. The molecule has 0 fully saturated rings. The molecule has 0 spiro atoms. The number of aromatic amines is 1. The van der Waals surface area contributed by atoms with Gasteiger partial charge in [-0.05, 0) is 32.9 Å². The van der Waals surface area contributed by atoms with E-state index in [1.165, 1.54) is 13.2 Å². The number of carbonyl (C=O) groups excluding carboxylic acids is 2. The summed E-state index contributed by atoms with van der Waals surface area (Å²) in [5, 5.41) is 2.47. The average molecular weight is 240 g/mol. The zero-order valence-corrected chi connectivity index (χ0v) is 10.3. The van der Waals surface area contributed by atoms with Crippen molar-refractivity contribution in [3.05, 3.63) is 17.8 Å². The van der Waals surface area contributed by atoms with Crippen LogP contribution in [0.25, 0.3) is 0 Å². The Bertz CT molecular complexity index is 417. The maximum atomic E-state index is 11.4. The van der Waals surface area contributed by atoms with E-state index in [2.05, 4.69) is 15.0 Å². The van der Waals surface area contributed by atoms with Crippen LogP contribution in [-0.4, -0.2) is 29.8 Å². The van der Waals surface area contributed by atoms with E-state index in [4.69, 9.17) is 4.74 Å². The van der Waals surface area contributed by atoms with E-state index in [-0.39, 0.29) is 5.69 Å². The SMILES string of the molecule is COC(=O)c1ccc(NC(=O)OC(C)(C)C)[nH]1. The van der Waals surface area contributed by atoms with Gasteiger partial charge in [-0.3, -0.25) is 5.32 Å². The minimum atomic E-state index is -0.587. The normalized spacial score (nSPS) is 10.8. The van der Waals surface area contributed by atoms with Crippen molar-refractivity contribution >= 4 is 17.9 Å². The number of carbonyl (C=O) groups is 2. The molecule has 6 heteroatoms. The summed E-state index contributed by atoms with van der Waals surface area (Å²) in [7, 11) is 1.28. The molecule has 6 nitrogen and oxygen atoms in total. The predicted molar refractivity (Wildman–Crippen MR) is 62.0 cm³/mol. The topological polar surface area (TPSA) is 80.4 Å². The number of anilines is 1. The average Bonchev–Trinajstić information content (AvgIpc) is 2.62. The van der Waals surface area contributed by atoms with Crippen LogP contribution < -0.4 is 5.32 Å². The van der Waals surface area contributed by atoms with Gasteiger partial charge in [0.05, 0.1) is 7.11 Å². The minimum Gasteiger partial charge on any atom is -0.464 e. The Morgan fingerprint density at radius 3 is 2.47 bits per heavy atom. The van der Waals surface area contributed by atoms with Gasteiger partial charge in [-0.15, -0.1) is 0 Å². The zero-order valence-electron chi connectivity index (χ0n) is 10.3. The standard InChI is InChI=1S/C11H16N2O4/c1-11(2,3)17-10(15)13-8-6-5-7(12-8)9(14)16-4/h5-6,12H,1-4H3,(H,13,15). The summed E-state index contributed by atoms with van der Waals surface area (Å²) < 4.78 is 9.57. The largest absolute Gasteiger partial charge is 0.464 e. The van der Waals surface area contributed by atoms with Gasteiger partial charge in [0.15, 0.2) is 0 Å². The summed E-state index contributed by atoms with van der Waals surface area (Å²) in [6, 6.07) is 3.06. The first-order valence-electron chi connectivity index (χ1n) is 5.09. The molecule has 0 aliphatic heterocycles. The van der Waals surface area contributed by atoms with E-state index < -0.39 is 17.7 Å². The first-order valence-corrected chi connectivity index (χ1v) is 5.09. The van der Waals surface area contributed by atoms with Crippen LogP contribution in [0.1, 0.15) is 31.3 Å². The number of aromatic nitrogens is 1. The third kappa shape index (κ3) is 4.18. The monoisotopic (exact) mass is 240 g/mol. The Hall–Kier alpha value is -1.98. The summed E-state index contributed by atoms with van der Waals surface area (Å²) in [6.45, 7) is 5.30. The summed E-state index contributed by atoms with van der Waals surface area (Å²) in [6.07, 6.45) is -0.587. The molecule has 0 aliphatic rings. The third-order valence-corrected chi connectivity index (χ3v) is 1.73. The predicted octanol–water partition coefficient (Wildman–Crippen LogP) is 2.15. The molecule has 94 valence electrons. The van der Waals surface area contributed by atoms with E-state index in [1.54, 1.807) is 26.8 Å². The fourth-order valence-corrected chi connectivity index (χ4v) is 1.11. The lowest BCUT2D eigenvalue weighted by Gasteiger charge is -2.19. The summed E-state index contributed by atoms with van der Waals surface area (Å²) >= 11 is 0. The summed E-state index contributed by atoms with van der Waals surface area (Å²) in [4.78, 5) is 25.2. The molecular weight excluding hydrogens is 224 g/mol. The smallest absolute Gasteiger partial charge is 0.413 e. The maximum absolute atomic E-state index is 11.4. The van der Waals surface area contributed by atoms with Gasteiger partial charge in [0.25, 0.3) is 0 Å². The molecule has 0 aliphatic carbocycles. The summed E-state index contributed by atoms with van der Waals surface area (Å²) in [5.41, 5.74) is -0.305. The van der Waals surface area contributed by atoms with Gasteiger partial charge in [-0.25, -0.2) is 9.59 Å². The summed E-state index contributed by atoms with van der Waals surface area (Å²) in [5.74, 6) is -0.123. The third-order valence-electron chi connectivity index (χ3n) is 1.73. The van der Waals surface area contributed by atoms with E-state index in [0.29, 0.717) is 5.82 Å². The van der Waals surface area contributed by atoms with Crippen molar-refractivity contribution in [2.24, 2.45) is 0 Å². The second-order valence-electron chi connectivity index (χ2n) is 4.40. The second-order valence-corrected chi connectivity index (χ2v) is 4.40. The van der Waals surface area contributed by atoms with Crippen LogP contribution in [0.5, 0.6) is 0 Å². The number of hydrogen-bond acceptors (Lipinski definition) is 4. The van der Waals surface area contributed by atoms with Crippen molar-refractivity contribution in [2.75, 3.05) is 12.4 Å². The molecule has 1 amide bonds. The van der Waals surface area contributed by atoms with Crippen molar-refractivity contribution in [1.82, 2.24) is 4.98 Å². The molecule has 2 N–H and O–H groups in total. The Labute approximate surface area is 99.3 Å². The van der Waals surface area contributed by atoms with Gasteiger partial charge >= 0.3 is 12.1 Å². The first kappa shape index (κ1) is 13.1. The molecule has 0 radical (unpaired) electrons. The molecular formula is C11H16N2O4. The molecule has 1 aromatic heterocycles. The van der Waals surface area contributed by atoms with Gasteiger partial charge in [0, 0.05) is 0 Å². The zero-order chi connectivity index (χ0) is 13.1. The fourth-order valence-electron chi connectivity index (χ4n) is 1.11.